The number of aryl methyl sites for hydroxylation is 1. The van der Waals surface area contributed by atoms with Gasteiger partial charge in [0.25, 0.3) is 0 Å². The second-order valence-corrected chi connectivity index (χ2v) is 6.06. The zero-order valence-corrected chi connectivity index (χ0v) is 12.3. The SMILES string of the molecule is CCCCCCCCCC1(O)CCc2ccccc21. The molecule has 1 aliphatic carbocycles. The summed E-state index contributed by atoms with van der Waals surface area (Å²) in [6.07, 6.45) is 12.1. The van der Waals surface area contributed by atoms with Gasteiger partial charge in [-0.15, -0.1) is 0 Å². The first kappa shape index (κ1) is 14.6. The van der Waals surface area contributed by atoms with Gasteiger partial charge in [-0.3, -0.25) is 0 Å². The Morgan fingerprint density at radius 2 is 1.68 bits per heavy atom. The Balaban J connectivity index is 1.72. The van der Waals surface area contributed by atoms with Crippen LogP contribution in [-0.4, -0.2) is 5.11 Å². The van der Waals surface area contributed by atoms with Crippen molar-refractivity contribution in [3.05, 3.63) is 35.4 Å². The molecule has 0 spiro atoms. The fourth-order valence-electron chi connectivity index (χ4n) is 3.30. The molecule has 2 rings (SSSR count). The quantitative estimate of drug-likeness (QED) is 0.655. The number of aliphatic hydroxyl groups is 1. The fraction of sp³-hybridized carbons (Fsp3) is 0.667. The van der Waals surface area contributed by atoms with Crippen molar-refractivity contribution in [2.24, 2.45) is 0 Å². The third kappa shape index (κ3) is 3.82. The van der Waals surface area contributed by atoms with Crippen LogP contribution in [0.4, 0.5) is 0 Å². The van der Waals surface area contributed by atoms with Gasteiger partial charge in [0.15, 0.2) is 0 Å². The summed E-state index contributed by atoms with van der Waals surface area (Å²) in [4.78, 5) is 0. The Kier molecular flexibility index (Phi) is 5.45. The van der Waals surface area contributed by atoms with Crippen LogP contribution < -0.4 is 0 Å². The van der Waals surface area contributed by atoms with Gasteiger partial charge in [0.2, 0.25) is 0 Å². The van der Waals surface area contributed by atoms with Crippen molar-refractivity contribution in [1.29, 1.82) is 0 Å². The van der Waals surface area contributed by atoms with Gasteiger partial charge in [-0.1, -0.05) is 76.1 Å². The minimum Gasteiger partial charge on any atom is -0.385 e. The Labute approximate surface area is 118 Å². The Morgan fingerprint density at radius 1 is 1.00 bits per heavy atom. The Morgan fingerprint density at radius 3 is 2.47 bits per heavy atom. The first-order chi connectivity index (χ1) is 9.26. The maximum Gasteiger partial charge on any atom is 0.0902 e. The predicted octanol–water partition coefficient (Wildman–Crippen LogP) is 4.96. The molecule has 1 aromatic carbocycles. The second-order valence-electron chi connectivity index (χ2n) is 6.06. The molecular weight excluding hydrogens is 232 g/mol. The number of hydrogen-bond donors (Lipinski definition) is 1. The van der Waals surface area contributed by atoms with E-state index in [0.717, 1.165) is 25.7 Å². The van der Waals surface area contributed by atoms with Crippen LogP contribution in [0.25, 0.3) is 0 Å². The normalized spacial score (nSPS) is 21.6. The van der Waals surface area contributed by atoms with E-state index in [1.807, 2.05) is 0 Å². The first-order valence-electron chi connectivity index (χ1n) is 8.07. The molecule has 1 nitrogen and oxygen atoms in total. The van der Waals surface area contributed by atoms with Crippen LogP contribution in [0.1, 0.15) is 75.8 Å². The fourth-order valence-corrected chi connectivity index (χ4v) is 3.30. The van der Waals surface area contributed by atoms with Crippen molar-refractivity contribution in [1.82, 2.24) is 0 Å². The molecule has 0 saturated heterocycles. The molecule has 19 heavy (non-hydrogen) atoms. The molecule has 0 aromatic heterocycles. The number of unbranched alkanes of at least 4 members (excludes halogenated alkanes) is 6. The summed E-state index contributed by atoms with van der Waals surface area (Å²) in [5.41, 5.74) is 2.02. The van der Waals surface area contributed by atoms with E-state index in [4.69, 9.17) is 0 Å². The molecule has 1 unspecified atom stereocenters. The Bertz CT molecular complexity index is 385. The van der Waals surface area contributed by atoms with Crippen molar-refractivity contribution in [3.8, 4) is 0 Å². The highest BCUT2D eigenvalue weighted by Crippen LogP contribution is 2.40. The van der Waals surface area contributed by atoms with E-state index in [-0.39, 0.29) is 0 Å². The van der Waals surface area contributed by atoms with E-state index in [1.54, 1.807) is 0 Å². The third-order valence-corrected chi connectivity index (χ3v) is 4.52. The first-order valence-corrected chi connectivity index (χ1v) is 8.07. The summed E-state index contributed by atoms with van der Waals surface area (Å²) < 4.78 is 0. The molecule has 1 N–H and O–H groups in total. The molecule has 1 aromatic rings. The topological polar surface area (TPSA) is 20.2 Å². The van der Waals surface area contributed by atoms with Gasteiger partial charge >= 0.3 is 0 Å². The molecule has 0 aliphatic heterocycles. The zero-order valence-electron chi connectivity index (χ0n) is 12.3. The van der Waals surface area contributed by atoms with E-state index in [2.05, 4.69) is 31.2 Å². The van der Waals surface area contributed by atoms with Crippen LogP contribution in [0.3, 0.4) is 0 Å². The van der Waals surface area contributed by atoms with Gasteiger partial charge in [-0.05, 0) is 30.4 Å². The molecular formula is C18H28O. The van der Waals surface area contributed by atoms with Crippen LogP contribution >= 0.6 is 0 Å². The molecule has 0 amide bonds. The van der Waals surface area contributed by atoms with E-state index < -0.39 is 5.60 Å². The standard InChI is InChI=1S/C18H28O/c1-2-3-4-5-6-7-10-14-18(19)15-13-16-11-8-9-12-17(16)18/h8-9,11-12,19H,2-7,10,13-15H2,1H3. The summed E-state index contributed by atoms with van der Waals surface area (Å²) >= 11 is 0. The van der Waals surface area contributed by atoms with Gasteiger partial charge in [0, 0.05) is 0 Å². The van der Waals surface area contributed by atoms with Gasteiger partial charge in [0.05, 0.1) is 5.60 Å². The lowest BCUT2D eigenvalue weighted by molar-refractivity contribution is 0.0267. The van der Waals surface area contributed by atoms with Crippen LogP contribution in [0.15, 0.2) is 24.3 Å². The number of hydrogen-bond acceptors (Lipinski definition) is 1. The molecule has 0 bridgehead atoms. The maximum absolute atomic E-state index is 10.8. The van der Waals surface area contributed by atoms with Crippen LogP contribution in [0.2, 0.25) is 0 Å². The summed E-state index contributed by atoms with van der Waals surface area (Å²) in [6.45, 7) is 2.26. The average molecular weight is 260 g/mol. The zero-order chi connectivity index (χ0) is 13.6. The highest BCUT2D eigenvalue weighted by atomic mass is 16.3. The van der Waals surface area contributed by atoms with Crippen molar-refractivity contribution < 1.29 is 5.11 Å². The molecule has 1 atom stereocenters. The Hall–Kier alpha value is -0.820. The number of rotatable bonds is 8. The molecule has 0 heterocycles. The molecule has 0 fully saturated rings. The number of benzene rings is 1. The maximum atomic E-state index is 10.8. The average Bonchev–Trinajstić information content (AvgIpc) is 2.77. The highest BCUT2D eigenvalue weighted by molar-refractivity contribution is 5.36. The van der Waals surface area contributed by atoms with Crippen molar-refractivity contribution in [3.63, 3.8) is 0 Å². The largest absolute Gasteiger partial charge is 0.385 e. The van der Waals surface area contributed by atoms with E-state index in [9.17, 15) is 5.11 Å². The van der Waals surface area contributed by atoms with E-state index >= 15 is 0 Å². The third-order valence-electron chi connectivity index (χ3n) is 4.52. The van der Waals surface area contributed by atoms with Gasteiger partial charge in [-0.2, -0.15) is 0 Å². The smallest absolute Gasteiger partial charge is 0.0902 e. The van der Waals surface area contributed by atoms with Crippen molar-refractivity contribution >= 4 is 0 Å². The number of fused-ring (bicyclic) bond motifs is 1. The molecule has 1 aliphatic rings. The molecule has 0 radical (unpaired) electrons. The van der Waals surface area contributed by atoms with Crippen LogP contribution in [0.5, 0.6) is 0 Å². The predicted molar refractivity (Wildman–Crippen MR) is 81.3 cm³/mol. The molecule has 106 valence electrons. The van der Waals surface area contributed by atoms with Crippen LogP contribution in [0, 0.1) is 0 Å². The second kappa shape index (κ2) is 7.09. The summed E-state index contributed by atoms with van der Waals surface area (Å²) in [5.74, 6) is 0. The van der Waals surface area contributed by atoms with Crippen molar-refractivity contribution in [2.45, 2.75) is 76.7 Å². The lowest BCUT2D eigenvalue weighted by atomic mass is 9.90. The minimum absolute atomic E-state index is 0.528. The van der Waals surface area contributed by atoms with Gasteiger partial charge in [-0.25, -0.2) is 0 Å². The lowest BCUT2D eigenvalue weighted by Crippen LogP contribution is -2.21. The van der Waals surface area contributed by atoms with E-state index in [0.29, 0.717) is 0 Å². The highest BCUT2D eigenvalue weighted by Gasteiger charge is 2.35. The molecule has 0 saturated carbocycles. The summed E-state index contributed by atoms with van der Waals surface area (Å²) in [7, 11) is 0. The van der Waals surface area contributed by atoms with Crippen molar-refractivity contribution in [2.75, 3.05) is 0 Å². The summed E-state index contributed by atoms with van der Waals surface area (Å²) in [6, 6.07) is 8.42. The van der Waals surface area contributed by atoms with Gasteiger partial charge < -0.3 is 5.11 Å². The van der Waals surface area contributed by atoms with Gasteiger partial charge in [0.1, 0.15) is 0 Å². The monoisotopic (exact) mass is 260 g/mol. The molecule has 1 heteroatoms. The van der Waals surface area contributed by atoms with E-state index in [1.165, 1.54) is 49.7 Å². The summed E-state index contributed by atoms with van der Waals surface area (Å²) in [5, 5.41) is 10.8. The minimum atomic E-state index is -0.528. The lowest BCUT2D eigenvalue weighted by Gasteiger charge is -2.24. The van der Waals surface area contributed by atoms with Crippen LogP contribution in [-0.2, 0) is 12.0 Å².